The topological polar surface area (TPSA) is 47.0 Å². The average Bonchev–Trinajstić information content (AvgIpc) is 2.59. The van der Waals surface area contributed by atoms with Crippen molar-refractivity contribution >= 4 is 17.4 Å². The molecule has 0 spiro atoms. The Morgan fingerprint density at radius 3 is 2.42 bits per heavy atom. The number of halogens is 1. The average molecular weight is 348 g/mol. The molecule has 0 bridgehead atoms. The molecule has 1 aromatic carbocycles. The molecule has 0 unspecified atom stereocenters. The highest BCUT2D eigenvalue weighted by atomic mass is 35.5. The van der Waals surface area contributed by atoms with Gasteiger partial charge in [-0.1, -0.05) is 38.4 Å². The van der Waals surface area contributed by atoms with Gasteiger partial charge >= 0.3 is 0 Å². The number of anilines is 1. The summed E-state index contributed by atoms with van der Waals surface area (Å²) in [4.78, 5) is 9.56. The van der Waals surface area contributed by atoms with Gasteiger partial charge in [0.15, 0.2) is 5.82 Å². The van der Waals surface area contributed by atoms with Crippen molar-refractivity contribution in [3.8, 4) is 17.1 Å². The minimum absolute atomic E-state index is 0.362. The monoisotopic (exact) mass is 347 g/mol. The number of hydrogen-bond donors (Lipinski definition) is 1. The van der Waals surface area contributed by atoms with Crippen molar-refractivity contribution in [1.29, 1.82) is 0 Å². The third-order valence-corrected chi connectivity index (χ3v) is 4.47. The maximum atomic E-state index is 6.08. The summed E-state index contributed by atoms with van der Waals surface area (Å²) < 4.78 is 5.50. The minimum Gasteiger partial charge on any atom is -0.478 e. The molecule has 0 aliphatic heterocycles. The molecule has 1 heterocycles. The van der Waals surface area contributed by atoms with Crippen LogP contribution in [0.25, 0.3) is 11.3 Å². The van der Waals surface area contributed by atoms with E-state index in [1.165, 1.54) is 0 Å². The smallest absolute Gasteiger partial charge is 0.257 e. The Hall–Kier alpha value is -1.81. The molecule has 0 radical (unpaired) electrons. The summed E-state index contributed by atoms with van der Waals surface area (Å²) in [7, 11) is 1.63. The van der Waals surface area contributed by atoms with Crippen molar-refractivity contribution in [3.63, 3.8) is 0 Å². The number of aryl methyl sites for hydroxylation is 2. The van der Waals surface area contributed by atoms with E-state index in [2.05, 4.69) is 26.1 Å². The Morgan fingerprint density at radius 2 is 1.88 bits per heavy atom. The number of hydrogen-bond acceptors (Lipinski definition) is 4. The second kappa shape index (κ2) is 8.34. The van der Waals surface area contributed by atoms with Crippen molar-refractivity contribution in [1.82, 2.24) is 9.97 Å². The van der Waals surface area contributed by atoms with Crippen molar-refractivity contribution in [2.24, 2.45) is 0 Å². The highest BCUT2D eigenvalue weighted by molar-refractivity contribution is 6.30. The summed E-state index contributed by atoms with van der Waals surface area (Å²) in [6.07, 6.45) is 2.85. The zero-order valence-electron chi connectivity index (χ0n) is 15.1. The van der Waals surface area contributed by atoms with Crippen LogP contribution in [-0.2, 0) is 6.42 Å². The number of methoxy groups -OCH3 is 1. The lowest BCUT2D eigenvalue weighted by atomic mass is 10.0. The third-order valence-electron chi connectivity index (χ3n) is 4.23. The lowest BCUT2D eigenvalue weighted by Crippen LogP contribution is -2.19. The second-order valence-electron chi connectivity index (χ2n) is 5.85. The summed E-state index contributed by atoms with van der Waals surface area (Å²) in [5.74, 6) is 1.25. The fourth-order valence-electron chi connectivity index (χ4n) is 2.73. The van der Waals surface area contributed by atoms with Crippen molar-refractivity contribution in [3.05, 3.63) is 34.5 Å². The van der Waals surface area contributed by atoms with Gasteiger partial charge in [-0.05, 0) is 43.9 Å². The van der Waals surface area contributed by atoms with E-state index in [4.69, 9.17) is 26.3 Å². The molecule has 0 aliphatic carbocycles. The van der Waals surface area contributed by atoms with Gasteiger partial charge in [0.25, 0.3) is 5.88 Å². The lowest BCUT2D eigenvalue weighted by Gasteiger charge is -2.19. The standard InChI is InChI=1S/C19H26ClN3O/c1-6-14(7-2)21-18-19(24-5)23-17(16(8-3)22-18)15-10-9-13(20)11-12(15)4/h9-11,14H,6-8H2,1-5H3,(H,21,22). The Bertz CT molecular complexity index is 699. The molecule has 4 nitrogen and oxygen atoms in total. The zero-order valence-corrected chi connectivity index (χ0v) is 15.9. The molecular formula is C19H26ClN3O. The van der Waals surface area contributed by atoms with Crippen LogP contribution in [0, 0.1) is 6.92 Å². The molecule has 130 valence electrons. The molecule has 2 aromatic rings. The highest BCUT2D eigenvalue weighted by Crippen LogP contribution is 2.32. The van der Waals surface area contributed by atoms with E-state index in [0.29, 0.717) is 11.9 Å². The minimum atomic E-state index is 0.362. The van der Waals surface area contributed by atoms with Crippen LogP contribution in [-0.4, -0.2) is 23.1 Å². The van der Waals surface area contributed by atoms with Gasteiger partial charge in [0.2, 0.25) is 0 Å². The van der Waals surface area contributed by atoms with E-state index in [1.54, 1.807) is 7.11 Å². The van der Waals surface area contributed by atoms with Crippen LogP contribution in [0.5, 0.6) is 5.88 Å². The number of ether oxygens (including phenoxy) is 1. The number of rotatable bonds is 7. The number of nitrogens with one attached hydrogen (secondary N) is 1. The number of benzene rings is 1. The van der Waals surface area contributed by atoms with E-state index >= 15 is 0 Å². The highest BCUT2D eigenvalue weighted by Gasteiger charge is 2.18. The molecule has 0 aliphatic rings. The zero-order chi connectivity index (χ0) is 17.7. The number of nitrogens with zero attached hydrogens (tertiary/aromatic N) is 2. The van der Waals surface area contributed by atoms with Crippen LogP contribution in [0.3, 0.4) is 0 Å². The molecule has 0 saturated carbocycles. The molecule has 5 heteroatoms. The summed E-state index contributed by atoms with van der Waals surface area (Å²) in [6.45, 7) is 8.44. The van der Waals surface area contributed by atoms with Crippen molar-refractivity contribution < 1.29 is 4.74 Å². The van der Waals surface area contributed by atoms with Crippen molar-refractivity contribution in [2.75, 3.05) is 12.4 Å². The van der Waals surface area contributed by atoms with Crippen LogP contribution >= 0.6 is 11.6 Å². The van der Waals surface area contributed by atoms with Gasteiger partial charge in [-0.15, -0.1) is 0 Å². The van der Waals surface area contributed by atoms with Crippen LogP contribution in [0.1, 0.15) is 44.9 Å². The van der Waals surface area contributed by atoms with E-state index in [-0.39, 0.29) is 0 Å². The molecule has 0 atom stereocenters. The first kappa shape index (κ1) is 18.5. The van der Waals surface area contributed by atoms with Gasteiger partial charge in [-0.25, -0.2) is 9.97 Å². The van der Waals surface area contributed by atoms with Crippen LogP contribution in [0.15, 0.2) is 18.2 Å². The molecular weight excluding hydrogens is 322 g/mol. The van der Waals surface area contributed by atoms with Crippen molar-refractivity contribution in [2.45, 2.75) is 53.0 Å². The van der Waals surface area contributed by atoms with E-state index < -0.39 is 0 Å². The van der Waals surface area contributed by atoms with E-state index in [9.17, 15) is 0 Å². The lowest BCUT2D eigenvalue weighted by molar-refractivity contribution is 0.397. The Balaban J connectivity index is 2.53. The number of aromatic nitrogens is 2. The SMILES string of the molecule is CCc1nc(NC(CC)CC)c(OC)nc1-c1ccc(Cl)cc1C. The first-order valence-electron chi connectivity index (χ1n) is 8.51. The van der Waals surface area contributed by atoms with Crippen LogP contribution in [0.4, 0.5) is 5.82 Å². The molecule has 1 N–H and O–H groups in total. The van der Waals surface area contributed by atoms with Gasteiger partial charge in [0.05, 0.1) is 18.5 Å². The Morgan fingerprint density at radius 1 is 1.17 bits per heavy atom. The summed E-state index contributed by atoms with van der Waals surface area (Å²) in [5.41, 5.74) is 3.93. The van der Waals surface area contributed by atoms with E-state index in [1.807, 2.05) is 25.1 Å². The summed E-state index contributed by atoms with van der Waals surface area (Å²) in [5, 5.41) is 4.18. The first-order chi connectivity index (χ1) is 11.5. The molecule has 24 heavy (non-hydrogen) atoms. The molecule has 0 fully saturated rings. The predicted molar refractivity (Wildman–Crippen MR) is 101 cm³/mol. The molecule has 0 amide bonds. The molecule has 2 rings (SSSR count). The quantitative estimate of drug-likeness (QED) is 0.740. The molecule has 0 saturated heterocycles. The fourth-order valence-corrected chi connectivity index (χ4v) is 2.96. The summed E-state index contributed by atoms with van der Waals surface area (Å²) in [6, 6.07) is 6.18. The van der Waals surface area contributed by atoms with Gasteiger partial charge in [0.1, 0.15) is 0 Å². The summed E-state index contributed by atoms with van der Waals surface area (Å²) >= 11 is 6.08. The second-order valence-corrected chi connectivity index (χ2v) is 6.28. The normalized spacial score (nSPS) is 11.0. The predicted octanol–water partition coefficient (Wildman–Crippen LogP) is 5.28. The van der Waals surface area contributed by atoms with E-state index in [0.717, 1.165) is 52.6 Å². The van der Waals surface area contributed by atoms with Gasteiger partial charge < -0.3 is 10.1 Å². The van der Waals surface area contributed by atoms with Crippen LogP contribution in [0.2, 0.25) is 5.02 Å². The van der Waals surface area contributed by atoms with Gasteiger partial charge in [-0.3, -0.25) is 0 Å². The third kappa shape index (κ3) is 3.99. The van der Waals surface area contributed by atoms with Crippen LogP contribution < -0.4 is 10.1 Å². The maximum Gasteiger partial charge on any atom is 0.257 e. The fraction of sp³-hybridized carbons (Fsp3) is 0.474. The maximum absolute atomic E-state index is 6.08. The Labute approximate surface area is 149 Å². The first-order valence-corrected chi connectivity index (χ1v) is 8.89. The van der Waals surface area contributed by atoms with Gasteiger partial charge in [-0.2, -0.15) is 0 Å². The largest absolute Gasteiger partial charge is 0.478 e. The molecule has 1 aromatic heterocycles. The Kier molecular flexibility index (Phi) is 6.44. The van der Waals surface area contributed by atoms with Gasteiger partial charge in [0, 0.05) is 16.6 Å².